The van der Waals surface area contributed by atoms with Crippen LogP contribution in [0.15, 0.2) is 36.5 Å². The van der Waals surface area contributed by atoms with Gasteiger partial charge in [0.05, 0.1) is 0 Å². The van der Waals surface area contributed by atoms with E-state index in [0.29, 0.717) is 0 Å². The van der Waals surface area contributed by atoms with Crippen molar-refractivity contribution in [2.45, 2.75) is 45.7 Å². The van der Waals surface area contributed by atoms with E-state index < -0.39 is 0 Å². The zero-order valence-electron chi connectivity index (χ0n) is 15.6. The van der Waals surface area contributed by atoms with Gasteiger partial charge < -0.3 is 9.88 Å². The number of hydrogen-bond acceptors (Lipinski definition) is 2. The van der Waals surface area contributed by atoms with Crippen LogP contribution in [0.25, 0.3) is 12.2 Å². The van der Waals surface area contributed by atoms with Gasteiger partial charge in [0.2, 0.25) is 0 Å². The van der Waals surface area contributed by atoms with E-state index in [1.165, 1.54) is 28.2 Å². The molecule has 2 aromatic rings. The van der Waals surface area contributed by atoms with Crippen molar-refractivity contribution < 1.29 is 0 Å². The van der Waals surface area contributed by atoms with E-state index >= 15 is 0 Å². The molecule has 0 fully saturated rings. The first-order valence-corrected chi connectivity index (χ1v) is 8.97. The van der Waals surface area contributed by atoms with Crippen molar-refractivity contribution in [3.8, 4) is 0 Å². The van der Waals surface area contributed by atoms with E-state index in [0.717, 1.165) is 38.0 Å². The third kappa shape index (κ3) is 5.00. The first kappa shape index (κ1) is 22.5. The number of rotatable bonds is 7. The Balaban J connectivity index is 0.00000169. The van der Waals surface area contributed by atoms with Crippen LogP contribution in [0.3, 0.4) is 0 Å². The number of aryl methyl sites for hydroxylation is 1. The van der Waals surface area contributed by atoms with E-state index in [2.05, 4.69) is 58.2 Å². The molecular weight excluding hydrogens is 365 g/mol. The smallest absolute Gasteiger partial charge is 0.0448 e. The molecule has 1 N–H and O–H groups in total. The Labute approximate surface area is 168 Å². The molecule has 2 heterocycles. The van der Waals surface area contributed by atoms with Gasteiger partial charge in [-0.05, 0) is 37.6 Å². The molecule has 0 bridgehead atoms. The summed E-state index contributed by atoms with van der Waals surface area (Å²) in [5.74, 6) is 0. The van der Waals surface area contributed by atoms with Gasteiger partial charge in [-0.3, -0.25) is 4.98 Å². The topological polar surface area (TPSA) is 29.9 Å². The van der Waals surface area contributed by atoms with Crippen molar-refractivity contribution in [2.24, 2.45) is 0 Å². The van der Waals surface area contributed by atoms with Crippen molar-refractivity contribution in [3.63, 3.8) is 0 Å². The average Bonchev–Trinajstić information content (AvgIpc) is 2.77. The van der Waals surface area contributed by atoms with Crippen molar-refractivity contribution in [3.05, 3.63) is 64.1 Å². The van der Waals surface area contributed by atoms with Crippen molar-refractivity contribution in [1.29, 1.82) is 0 Å². The molecule has 0 unspecified atom stereocenters. The highest BCUT2D eigenvalue weighted by atomic mass is 35.5. The predicted molar refractivity (Wildman–Crippen MR) is 116 cm³/mol. The Hall–Kier alpha value is -1.55. The molecule has 1 aliphatic rings. The van der Waals surface area contributed by atoms with Crippen LogP contribution in [0.2, 0.25) is 0 Å². The lowest BCUT2D eigenvalue weighted by atomic mass is 10.1. The van der Waals surface area contributed by atoms with Gasteiger partial charge in [0.15, 0.2) is 0 Å². The van der Waals surface area contributed by atoms with Crippen LogP contribution < -0.4 is 15.9 Å². The summed E-state index contributed by atoms with van der Waals surface area (Å²) in [6.45, 7) is 4.17. The van der Waals surface area contributed by atoms with Crippen molar-refractivity contribution >= 4 is 37.0 Å². The van der Waals surface area contributed by atoms with Crippen molar-refractivity contribution in [2.75, 3.05) is 7.05 Å². The summed E-state index contributed by atoms with van der Waals surface area (Å²) in [5.41, 5.74) is 4.10. The van der Waals surface area contributed by atoms with Crippen LogP contribution in [0.5, 0.6) is 0 Å². The molecule has 26 heavy (non-hydrogen) atoms. The van der Waals surface area contributed by atoms with Gasteiger partial charge in [-0.25, -0.2) is 0 Å². The van der Waals surface area contributed by atoms with Crippen LogP contribution in [0, 0.1) is 0 Å². The van der Waals surface area contributed by atoms with E-state index in [1.807, 2.05) is 19.3 Å². The molecule has 3 rings (SSSR count). The largest absolute Gasteiger partial charge is 0.344 e. The molecule has 0 radical (unpaired) electrons. The lowest BCUT2D eigenvalue weighted by Gasteiger charge is -2.11. The monoisotopic (exact) mass is 393 g/mol. The minimum atomic E-state index is 0. The van der Waals surface area contributed by atoms with Crippen LogP contribution in [0.1, 0.15) is 36.7 Å². The van der Waals surface area contributed by atoms with Gasteiger partial charge in [0.1, 0.15) is 0 Å². The highest BCUT2D eigenvalue weighted by Gasteiger charge is 2.14. The summed E-state index contributed by atoms with van der Waals surface area (Å²) in [4.78, 5) is 4.49. The summed E-state index contributed by atoms with van der Waals surface area (Å²) in [7, 11) is 2.03. The van der Waals surface area contributed by atoms with Gasteiger partial charge >= 0.3 is 0 Å². The molecule has 0 saturated heterocycles. The second-order valence-corrected chi connectivity index (χ2v) is 6.26. The summed E-state index contributed by atoms with van der Waals surface area (Å²) in [5, 5.41) is 6.13. The second kappa shape index (κ2) is 11.2. The zero-order valence-corrected chi connectivity index (χ0v) is 17.2. The Morgan fingerprint density at radius 2 is 2.04 bits per heavy atom. The fraction of sp³-hybridized carbons (Fsp3) is 0.381. The number of pyridine rings is 1. The number of hydrogen-bond donors (Lipinski definition) is 1. The fourth-order valence-electron chi connectivity index (χ4n) is 3.52. The van der Waals surface area contributed by atoms with E-state index in [4.69, 9.17) is 0 Å². The molecule has 142 valence electrons. The summed E-state index contributed by atoms with van der Waals surface area (Å²) < 4.78 is 2.53. The van der Waals surface area contributed by atoms with Gasteiger partial charge in [-0.2, -0.15) is 0 Å². The average molecular weight is 394 g/mol. The summed E-state index contributed by atoms with van der Waals surface area (Å²) in [6.07, 6.45) is 15.2. The highest BCUT2D eigenvalue weighted by Crippen LogP contribution is 2.10. The maximum absolute atomic E-state index is 4.49. The van der Waals surface area contributed by atoms with Gasteiger partial charge in [-0.15, -0.1) is 24.8 Å². The molecule has 0 aliphatic heterocycles. The molecule has 0 aromatic carbocycles. The van der Waals surface area contributed by atoms with Crippen LogP contribution in [0.4, 0.5) is 0 Å². The first-order valence-electron chi connectivity index (χ1n) is 8.97. The van der Waals surface area contributed by atoms with E-state index in [1.54, 1.807) is 0 Å². The third-order valence-electron chi connectivity index (χ3n) is 4.57. The van der Waals surface area contributed by atoms with E-state index in [-0.39, 0.29) is 24.8 Å². The highest BCUT2D eigenvalue weighted by molar-refractivity contribution is 5.85. The molecular formula is C21H29Cl2N3. The molecule has 0 amide bonds. The van der Waals surface area contributed by atoms with Crippen LogP contribution in [-0.4, -0.2) is 16.6 Å². The number of allylic oxidation sites excluding steroid dienone is 2. The molecule has 1 aliphatic carbocycles. The number of halogens is 2. The number of nitrogens with one attached hydrogen (secondary N) is 1. The normalized spacial score (nSPS) is 12.1. The third-order valence-corrected chi connectivity index (χ3v) is 4.57. The minimum Gasteiger partial charge on any atom is -0.344 e. The lowest BCUT2D eigenvalue weighted by molar-refractivity contribution is 0.626. The maximum Gasteiger partial charge on any atom is 0.0448 e. The standard InChI is InChI=1S/C21H27N3.2ClH/c1-3-9-20-19(16-22-2)18-11-5-4-6-12-21(18)24(20)15-13-17-10-7-8-14-23-17;;/h4-5,7-8,10-12,14,22H,3,6,9,13,15-16H2,1-2H3;2*1H. The molecule has 2 aromatic heterocycles. The molecule has 3 nitrogen and oxygen atoms in total. The minimum absolute atomic E-state index is 0. The number of aromatic nitrogens is 2. The Kier molecular flexibility index (Phi) is 9.71. The van der Waals surface area contributed by atoms with Crippen molar-refractivity contribution in [1.82, 2.24) is 14.9 Å². The van der Waals surface area contributed by atoms with Crippen LogP contribution >= 0.6 is 24.8 Å². The fourth-order valence-corrected chi connectivity index (χ4v) is 3.52. The Morgan fingerprint density at radius 1 is 1.19 bits per heavy atom. The quantitative estimate of drug-likeness (QED) is 0.782. The second-order valence-electron chi connectivity index (χ2n) is 6.26. The summed E-state index contributed by atoms with van der Waals surface area (Å²) in [6, 6.07) is 6.17. The number of fused-ring (bicyclic) bond motifs is 1. The Morgan fingerprint density at radius 3 is 2.73 bits per heavy atom. The molecule has 5 heteroatoms. The lowest BCUT2D eigenvalue weighted by Crippen LogP contribution is -2.31. The van der Waals surface area contributed by atoms with Gasteiger partial charge in [0, 0.05) is 47.7 Å². The zero-order chi connectivity index (χ0) is 16.8. The molecule has 0 spiro atoms. The first-order chi connectivity index (χ1) is 11.8. The van der Waals surface area contributed by atoms with Crippen LogP contribution in [-0.2, 0) is 25.9 Å². The SMILES string of the molecule is CCCc1c(CNC)c2c(n1CCc1ccccn1)=CCC=CC=2.Cl.Cl. The number of nitrogens with zero attached hydrogens (tertiary/aromatic N) is 2. The predicted octanol–water partition coefficient (Wildman–Crippen LogP) is 3.16. The van der Waals surface area contributed by atoms with Gasteiger partial charge in [-0.1, -0.05) is 43.7 Å². The molecule has 0 saturated carbocycles. The maximum atomic E-state index is 4.49. The Bertz CT molecular complexity index is 823. The summed E-state index contributed by atoms with van der Waals surface area (Å²) >= 11 is 0. The van der Waals surface area contributed by atoms with Gasteiger partial charge in [0.25, 0.3) is 0 Å². The van der Waals surface area contributed by atoms with E-state index in [9.17, 15) is 0 Å². The molecule has 0 atom stereocenters.